The van der Waals surface area contributed by atoms with E-state index in [1.165, 1.54) is 5.56 Å². The molecule has 248 valence electrons. The Hall–Kier alpha value is -2.12. The first-order valence-electron chi connectivity index (χ1n) is 16.4. The average Bonchev–Trinajstić information content (AvgIpc) is 2.93. The lowest BCUT2D eigenvalue weighted by atomic mass is 9.53. The monoisotopic (exact) mass is 612 g/mol. The molecule has 0 bridgehead atoms. The highest BCUT2D eigenvalue weighted by atomic mass is 17.3. The molecule has 3 heterocycles. The topological polar surface area (TPSA) is 55.4 Å². The number of hydrogen-bond donors (Lipinski definition) is 0. The Morgan fingerprint density at radius 3 is 1.86 bits per heavy atom. The molecule has 6 heteroatoms. The standard InChI is InChI=1S/C18H26O4.C18H28O2.C2H6/c1-15(2,3)18-16(4,5)10-11-20-17(18,21-22-18)13-8-7-9-14(12-13)19-6;1-17(2,3)16-15(20-11-10-18(16,4)5)13-8-7-9-14(12-13)19-6;1-2/h7-9,12H,10-11H2,1-6H3;7-9,12,15-16H,10-11H2,1-6H3;1-2H3. The third-order valence-electron chi connectivity index (χ3n) is 9.78. The largest absolute Gasteiger partial charge is 0.497 e. The maximum absolute atomic E-state index is 6.21. The molecule has 3 aliphatic rings. The number of ether oxygens (including phenoxy) is 4. The van der Waals surface area contributed by atoms with E-state index in [0.717, 1.165) is 36.5 Å². The lowest BCUT2D eigenvalue weighted by Gasteiger charge is -2.69. The molecular weight excluding hydrogens is 552 g/mol. The van der Waals surface area contributed by atoms with Crippen LogP contribution in [0, 0.1) is 27.6 Å². The minimum absolute atomic E-state index is 0.0785. The lowest BCUT2D eigenvalue weighted by Crippen LogP contribution is -2.79. The first kappa shape index (κ1) is 36.3. The van der Waals surface area contributed by atoms with Gasteiger partial charge in [0.1, 0.15) is 11.5 Å². The van der Waals surface area contributed by atoms with Gasteiger partial charge in [-0.15, -0.1) is 0 Å². The van der Waals surface area contributed by atoms with Crippen molar-refractivity contribution in [1.29, 1.82) is 0 Å². The van der Waals surface area contributed by atoms with Gasteiger partial charge in [-0.25, -0.2) is 4.89 Å². The van der Waals surface area contributed by atoms with Crippen molar-refractivity contribution in [2.24, 2.45) is 27.6 Å². The number of hydrogen-bond acceptors (Lipinski definition) is 6. The van der Waals surface area contributed by atoms with Crippen molar-refractivity contribution in [3.63, 3.8) is 0 Å². The Morgan fingerprint density at radius 1 is 0.750 bits per heavy atom. The molecule has 0 N–H and O–H groups in total. The summed E-state index contributed by atoms with van der Waals surface area (Å²) in [6.45, 7) is 28.2. The van der Waals surface area contributed by atoms with E-state index < -0.39 is 11.4 Å². The van der Waals surface area contributed by atoms with Crippen LogP contribution in [0.25, 0.3) is 0 Å². The Bertz CT molecular complexity index is 1220. The molecule has 3 fully saturated rings. The molecular formula is C38H60O6. The maximum Gasteiger partial charge on any atom is 0.261 e. The zero-order valence-electron chi connectivity index (χ0n) is 30.1. The molecule has 0 radical (unpaired) electrons. The van der Waals surface area contributed by atoms with Gasteiger partial charge in [-0.3, -0.25) is 0 Å². The van der Waals surface area contributed by atoms with E-state index in [-0.39, 0.29) is 27.8 Å². The summed E-state index contributed by atoms with van der Waals surface area (Å²) in [4.78, 5) is 11.6. The number of methoxy groups -OCH3 is 2. The van der Waals surface area contributed by atoms with Gasteiger partial charge in [0.2, 0.25) is 0 Å². The lowest BCUT2D eigenvalue weighted by molar-refractivity contribution is -0.664. The summed E-state index contributed by atoms with van der Waals surface area (Å²) in [5.74, 6) is 1.29. The molecule has 4 unspecified atom stereocenters. The highest BCUT2D eigenvalue weighted by Gasteiger charge is 2.78. The molecule has 0 saturated carbocycles. The molecule has 6 nitrogen and oxygen atoms in total. The molecule has 44 heavy (non-hydrogen) atoms. The van der Waals surface area contributed by atoms with Gasteiger partial charge in [-0.05, 0) is 59.4 Å². The number of rotatable bonds is 4. The minimum Gasteiger partial charge on any atom is -0.497 e. The van der Waals surface area contributed by atoms with Crippen LogP contribution in [0.15, 0.2) is 48.5 Å². The van der Waals surface area contributed by atoms with Gasteiger partial charge in [0, 0.05) is 23.0 Å². The summed E-state index contributed by atoms with van der Waals surface area (Å²) >= 11 is 0. The summed E-state index contributed by atoms with van der Waals surface area (Å²) in [5.41, 5.74) is 1.88. The van der Waals surface area contributed by atoms with Crippen LogP contribution in [0.2, 0.25) is 0 Å². The maximum atomic E-state index is 6.21. The van der Waals surface area contributed by atoms with Gasteiger partial charge in [-0.1, -0.05) is 107 Å². The summed E-state index contributed by atoms with van der Waals surface area (Å²) < 4.78 is 23.1. The van der Waals surface area contributed by atoms with Crippen molar-refractivity contribution in [3.05, 3.63) is 59.7 Å². The molecule has 0 amide bonds. The van der Waals surface area contributed by atoms with Crippen molar-refractivity contribution >= 4 is 0 Å². The summed E-state index contributed by atoms with van der Waals surface area (Å²) in [6, 6.07) is 16.2. The second-order valence-electron chi connectivity index (χ2n) is 15.6. The fraction of sp³-hybridized carbons (Fsp3) is 0.684. The van der Waals surface area contributed by atoms with Crippen LogP contribution >= 0.6 is 0 Å². The fourth-order valence-electron chi connectivity index (χ4n) is 8.15. The van der Waals surface area contributed by atoms with E-state index in [9.17, 15) is 0 Å². The minimum atomic E-state index is -0.887. The molecule has 2 aromatic carbocycles. The summed E-state index contributed by atoms with van der Waals surface area (Å²) in [6.07, 6.45) is 2.20. The van der Waals surface area contributed by atoms with Crippen LogP contribution in [-0.4, -0.2) is 33.0 Å². The highest BCUT2D eigenvalue weighted by molar-refractivity contribution is 5.37. The van der Waals surface area contributed by atoms with E-state index in [1.807, 2.05) is 44.2 Å². The van der Waals surface area contributed by atoms with Crippen LogP contribution in [0.4, 0.5) is 0 Å². The SMILES string of the molecule is CC.COc1cccc(C23OCCC(C)(C)C2(C(C)(C)C)OO3)c1.COc1cccc(C2OCCC(C)(C)C2C(C)(C)C)c1. The van der Waals surface area contributed by atoms with Crippen molar-refractivity contribution in [2.75, 3.05) is 27.4 Å². The fourth-order valence-corrected chi connectivity index (χ4v) is 8.15. The molecule has 3 saturated heterocycles. The first-order chi connectivity index (χ1) is 20.5. The summed E-state index contributed by atoms with van der Waals surface area (Å²) in [5, 5.41) is 0. The van der Waals surface area contributed by atoms with Crippen LogP contribution in [0.1, 0.15) is 113 Å². The van der Waals surface area contributed by atoms with Gasteiger partial charge in [0.05, 0.1) is 26.9 Å². The predicted molar refractivity (Wildman–Crippen MR) is 178 cm³/mol. The van der Waals surface area contributed by atoms with Crippen molar-refractivity contribution in [1.82, 2.24) is 0 Å². The van der Waals surface area contributed by atoms with Crippen LogP contribution in [0.3, 0.4) is 0 Å². The second kappa shape index (κ2) is 13.3. The normalized spacial score (nSPS) is 29.0. The Morgan fingerprint density at radius 2 is 1.34 bits per heavy atom. The van der Waals surface area contributed by atoms with Crippen molar-refractivity contribution < 1.29 is 28.7 Å². The Balaban J connectivity index is 0.000000229. The van der Waals surface area contributed by atoms with E-state index in [1.54, 1.807) is 14.2 Å². The molecule has 5 rings (SSSR count). The Labute approximate surface area is 268 Å². The predicted octanol–water partition coefficient (Wildman–Crippen LogP) is 9.91. The molecule has 3 aliphatic heterocycles. The third-order valence-corrected chi connectivity index (χ3v) is 9.78. The number of benzene rings is 2. The average molecular weight is 613 g/mol. The molecule has 0 aliphatic carbocycles. The van der Waals surface area contributed by atoms with Crippen LogP contribution < -0.4 is 9.47 Å². The van der Waals surface area contributed by atoms with E-state index >= 15 is 0 Å². The third kappa shape index (κ3) is 6.42. The van der Waals surface area contributed by atoms with Gasteiger partial charge in [-0.2, -0.15) is 4.89 Å². The van der Waals surface area contributed by atoms with E-state index in [2.05, 4.69) is 87.4 Å². The molecule has 0 aromatic heterocycles. The quantitative estimate of drug-likeness (QED) is 0.320. The smallest absolute Gasteiger partial charge is 0.261 e. The zero-order chi connectivity index (χ0) is 33.2. The zero-order valence-corrected chi connectivity index (χ0v) is 30.1. The molecule has 2 aromatic rings. The first-order valence-corrected chi connectivity index (χ1v) is 16.4. The molecule has 0 spiro atoms. The molecule has 4 atom stereocenters. The van der Waals surface area contributed by atoms with Gasteiger partial charge < -0.3 is 18.9 Å². The van der Waals surface area contributed by atoms with Crippen molar-refractivity contribution in [3.8, 4) is 11.5 Å². The summed E-state index contributed by atoms with van der Waals surface area (Å²) in [7, 11) is 3.38. The highest BCUT2D eigenvalue weighted by Crippen LogP contribution is 2.68. The van der Waals surface area contributed by atoms with Gasteiger partial charge in [0.25, 0.3) is 5.79 Å². The van der Waals surface area contributed by atoms with Crippen molar-refractivity contribution in [2.45, 2.75) is 113 Å². The number of fused-ring (bicyclic) bond motifs is 1. The van der Waals surface area contributed by atoms with Crippen LogP contribution in [0.5, 0.6) is 11.5 Å². The van der Waals surface area contributed by atoms with Crippen LogP contribution in [-0.2, 0) is 25.0 Å². The second-order valence-corrected chi connectivity index (χ2v) is 15.6. The van der Waals surface area contributed by atoms with Gasteiger partial charge in [0.15, 0.2) is 5.60 Å². The Kier molecular flexibility index (Phi) is 11.0. The van der Waals surface area contributed by atoms with Gasteiger partial charge >= 0.3 is 0 Å². The van der Waals surface area contributed by atoms with E-state index in [4.69, 9.17) is 28.7 Å². The van der Waals surface area contributed by atoms with E-state index in [0.29, 0.717) is 12.5 Å².